The molecule has 0 aliphatic rings. The minimum atomic E-state index is -0.274. The van der Waals surface area contributed by atoms with Gasteiger partial charge in [-0.05, 0) is 12.5 Å². The first-order valence-electron chi connectivity index (χ1n) is 6.48. The molecule has 0 atom stereocenters. The van der Waals surface area contributed by atoms with E-state index in [-0.39, 0.29) is 11.4 Å². The molecule has 0 saturated carbocycles. The summed E-state index contributed by atoms with van der Waals surface area (Å²) in [6.45, 7) is 7.67. The van der Waals surface area contributed by atoms with Gasteiger partial charge in [0.1, 0.15) is 0 Å². The van der Waals surface area contributed by atoms with Gasteiger partial charge in [-0.2, -0.15) is 0 Å². The number of carbonyl (C=O) groups excluding carboxylic acids is 1. The van der Waals surface area contributed by atoms with E-state index >= 15 is 0 Å². The third-order valence-corrected chi connectivity index (χ3v) is 3.18. The van der Waals surface area contributed by atoms with E-state index in [9.17, 15) is 4.79 Å². The molecule has 0 aliphatic heterocycles. The topological polar surface area (TPSA) is 38.3 Å². The number of carbonyl (C=O) groups is 1. The zero-order valence-electron chi connectivity index (χ0n) is 12.2. The van der Waals surface area contributed by atoms with Crippen molar-refractivity contribution in [2.24, 2.45) is 0 Å². The Balaban J connectivity index is 2.47. The summed E-state index contributed by atoms with van der Waals surface area (Å²) >= 11 is 0. The summed E-state index contributed by atoms with van der Waals surface area (Å²) < 4.78 is 4.64. The van der Waals surface area contributed by atoms with Crippen molar-refractivity contribution < 1.29 is 9.53 Å². The van der Waals surface area contributed by atoms with Gasteiger partial charge < -0.3 is 10.1 Å². The van der Waals surface area contributed by atoms with Crippen molar-refractivity contribution >= 4 is 5.97 Å². The lowest BCUT2D eigenvalue weighted by atomic mass is 9.84. The molecule has 0 saturated heterocycles. The van der Waals surface area contributed by atoms with Crippen molar-refractivity contribution in [2.75, 3.05) is 20.2 Å². The summed E-state index contributed by atoms with van der Waals surface area (Å²) in [6, 6.07) is 10.4. The second-order valence-electron chi connectivity index (χ2n) is 5.26. The van der Waals surface area contributed by atoms with Crippen molar-refractivity contribution in [3.63, 3.8) is 0 Å². The van der Waals surface area contributed by atoms with Gasteiger partial charge in [0, 0.05) is 24.1 Å². The van der Waals surface area contributed by atoms with Gasteiger partial charge in [0.15, 0.2) is 0 Å². The molecule has 104 valence electrons. The predicted molar refractivity (Wildman–Crippen MR) is 78.1 cm³/mol. The molecule has 0 heterocycles. The smallest absolute Gasteiger partial charge is 0.333 e. The SMILES string of the molecule is COC(=O)/C(C)=C/CNCC(C)(C)c1ccccc1. The second-order valence-corrected chi connectivity index (χ2v) is 5.26. The van der Waals surface area contributed by atoms with Crippen molar-refractivity contribution in [1.82, 2.24) is 5.32 Å². The Morgan fingerprint density at radius 2 is 1.95 bits per heavy atom. The first kappa shape index (κ1) is 15.4. The van der Waals surface area contributed by atoms with Gasteiger partial charge in [0.05, 0.1) is 7.11 Å². The van der Waals surface area contributed by atoms with Crippen molar-refractivity contribution in [1.29, 1.82) is 0 Å². The third kappa shape index (κ3) is 4.87. The number of ether oxygens (including phenoxy) is 1. The van der Waals surface area contributed by atoms with Crippen LogP contribution in [0.2, 0.25) is 0 Å². The summed E-state index contributed by atoms with van der Waals surface area (Å²) in [4.78, 5) is 11.2. The highest BCUT2D eigenvalue weighted by atomic mass is 16.5. The summed E-state index contributed by atoms with van der Waals surface area (Å²) in [7, 11) is 1.39. The number of methoxy groups -OCH3 is 1. The average Bonchev–Trinajstić information content (AvgIpc) is 2.43. The fourth-order valence-corrected chi connectivity index (χ4v) is 1.85. The van der Waals surface area contributed by atoms with Crippen molar-refractivity contribution in [3.05, 3.63) is 47.5 Å². The summed E-state index contributed by atoms with van der Waals surface area (Å²) in [5, 5.41) is 3.35. The Bertz CT molecular complexity index is 435. The van der Waals surface area contributed by atoms with Crippen LogP contribution >= 0.6 is 0 Å². The third-order valence-electron chi connectivity index (χ3n) is 3.18. The first-order chi connectivity index (χ1) is 8.97. The molecule has 1 aromatic carbocycles. The molecular weight excluding hydrogens is 238 g/mol. The van der Waals surface area contributed by atoms with E-state index < -0.39 is 0 Å². The van der Waals surface area contributed by atoms with Crippen LogP contribution in [0.5, 0.6) is 0 Å². The molecule has 0 bridgehead atoms. The van der Waals surface area contributed by atoms with Gasteiger partial charge in [0.25, 0.3) is 0 Å². The Kier molecular flexibility index (Phi) is 5.77. The zero-order chi connectivity index (χ0) is 14.3. The zero-order valence-corrected chi connectivity index (χ0v) is 12.2. The molecule has 19 heavy (non-hydrogen) atoms. The molecule has 0 fully saturated rings. The van der Waals surface area contributed by atoms with Crippen LogP contribution < -0.4 is 5.32 Å². The van der Waals surface area contributed by atoms with Gasteiger partial charge in [-0.15, -0.1) is 0 Å². The van der Waals surface area contributed by atoms with Crippen molar-refractivity contribution in [3.8, 4) is 0 Å². The van der Waals surface area contributed by atoms with Crippen LogP contribution in [0, 0.1) is 0 Å². The molecule has 0 aliphatic carbocycles. The number of hydrogen-bond acceptors (Lipinski definition) is 3. The van der Waals surface area contributed by atoms with E-state index in [0.717, 1.165) is 6.54 Å². The summed E-state index contributed by atoms with van der Waals surface area (Å²) in [5.74, 6) is -0.274. The maximum absolute atomic E-state index is 11.2. The largest absolute Gasteiger partial charge is 0.466 e. The van der Waals surface area contributed by atoms with E-state index in [1.807, 2.05) is 12.1 Å². The second kappa shape index (κ2) is 7.10. The molecule has 0 radical (unpaired) electrons. The minimum absolute atomic E-state index is 0.0638. The van der Waals surface area contributed by atoms with Crippen LogP contribution in [0.3, 0.4) is 0 Å². The lowest BCUT2D eigenvalue weighted by molar-refractivity contribution is -0.136. The highest BCUT2D eigenvalue weighted by molar-refractivity contribution is 5.87. The van der Waals surface area contributed by atoms with E-state index in [4.69, 9.17) is 0 Å². The van der Waals surface area contributed by atoms with E-state index in [1.165, 1.54) is 12.7 Å². The summed E-state index contributed by atoms with van der Waals surface area (Å²) in [6.07, 6.45) is 1.85. The van der Waals surface area contributed by atoms with Gasteiger partial charge in [-0.3, -0.25) is 0 Å². The summed E-state index contributed by atoms with van der Waals surface area (Å²) in [5.41, 5.74) is 2.00. The molecule has 0 spiro atoms. The monoisotopic (exact) mass is 261 g/mol. The first-order valence-corrected chi connectivity index (χ1v) is 6.48. The maximum atomic E-state index is 11.2. The fourth-order valence-electron chi connectivity index (χ4n) is 1.85. The highest BCUT2D eigenvalue weighted by Gasteiger charge is 2.19. The number of hydrogen-bond donors (Lipinski definition) is 1. The number of nitrogens with one attached hydrogen (secondary N) is 1. The molecular formula is C16H23NO2. The van der Waals surface area contributed by atoms with E-state index in [0.29, 0.717) is 12.1 Å². The Morgan fingerprint density at radius 3 is 2.53 bits per heavy atom. The van der Waals surface area contributed by atoms with Gasteiger partial charge in [-0.25, -0.2) is 4.79 Å². The number of esters is 1. The van der Waals surface area contributed by atoms with Crippen LogP contribution in [-0.4, -0.2) is 26.2 Å². The molecule has 3 heteroatoms. The molecule has 0 aromatic heterocycles. The standard InChI is InChI=1S/C16H23NO2/c1-13(15(18)19-4)10-11-17-12-16(2,3)14-8-6-5-7-9-14/h5-10,17H,11-12H2,1-4H3/b13-10+. The maximum Gasteiger partial charge on any atom is 0.333 e. The van der Waals surface area contributed by atoms with Gasteiger partial charge in [-0.1, -0.05) is 50.3 Å². The molecule has 0 unspecified atom stereocenters. The Labute approximate surface area is 115 Å². The van der Waals surface area contributed by atoms with Crippen molar-refractivity contribution in [2.45, 2.75) is 26.2 Å². The fraction of sp³-hybridized carbons (Fsp3) is 0.438. The van der Waals surface area contributed by atoms with Gasteiger partial charge >= 0.3 is 5.97 Å². The molecule has 3 nitrogen and oxygen atoms in total. The Hall–Kier alpha value is -1.61. The van der Waals surface area contributed by atoms with Crippen LogP contribution in [-0.2, 0) is 14.9 Å². The lowest BCUT2D eigenvalue weighted by Crippen LogP contribution is -2.33. The van der Waals surface area contributed by atoms with Crippen LogP contribution in [0.1, 0.15) is 26.3 Å². The lowest BCUT2D eigenvalue weighted by Gasteiger charge is -2.25. The Morgan fingerprint density at radius 1 is 1.32 bits per heavy atom. The van der Waals surface area contributed by atoms with Crippen LogP contribution in [0.4, 0.5) is 0 Å². The minimum Gasteiger partial charge on any atom is -0.466 e. The number of benzene rings is 1. The van der Waals surface area contributed by atoms with Crippen LogP contribution in [0.15, 0.2) is 42.0 Å². The predicted octanol–water partition coefficient (Wildman–Crippen LogP) is 2.67. The van der Waals surface area contributed by atoms with E-state index in [1.54, 1.807) is 6.92 Å². The molecule has 0 amide bonds. The van der Waals surface area contributed by atoms with Crippen LogP contribution in [0.25, 0.3) is 0 Å². The molecule has 1 rings (SSSR count). The highest BCUT2D eigenvalue weighted by Crippen LogP contribution is 2.21. The quantitative estimate of drug-likeness (QED) is 0.486. The van der Waals surface area contributed by atoms with Gasteiger partial charge in [0.2, 0.25) is 0 Å². The normalized spacial score (nSPS) is 12.3. The molecule has 1 aromatic rings. The van der Waals surface area contributed by atoms with E-state index in [2.05, 4.69) is 48.2 Å². The molecule has 1 N–H and O–H groups in total. The average molecular weight is 261 g/mol. The number of rotatable bonds is 6.